The summed E-state index contributed by atoms with van der Waals surface area (Å²) in [6.07, 6.45) is 5.79. The number of fused-ring (bicyclic) bond motifs is 1. The lowest BCUT2D eigenvalue weighted by molar-refractivity contribution is -0.123. The average Bonchev–Trinajstić information content (AvgIpc) is 2.92. The Balaban J connectivity index is 1.56. The molecule has 0 unspecified atom stereocenters. The number of benzene rings is 1. The largest absolute Gasteiger partial charge is 0.351 e. The van der Waals surface area contributed by atoms with Crippen molar-refractivity contribution in [2.24, 2.45) is 5.92 Å². The summed E-state index contributed by atoms with van der Waals surface area (Å²) in [5.41, 5.74) is 0.422. The Morgan fingerprint density at radius 3 is 3.00 bits per heavy atom. The quantitative estimate of drug-likeness (QED) is 0.901. The summed E-state index contributed by atoms with van der Waals surface area (Å²) in [7, 11) is 0. The van der Waals surface area contributed by atoms with Crippen LogP contribution in [-0.2, 0) is 11.3 Å². The first-order valence-electron chi connectivity index (χ1n) is 7.62. The normalized spacial score (nSPS) is 28.2. The van der Waals surface area contributed by atoms with Crippen molar-refractivity contribution in [2.45, 2.75) is 50.7 Å². The minimum absolute atomic E-state index is 0.0382. The third-order valence-corrected chi connectivity index (χ3v) is 4.96. The Bertz CT molecular complexity index is 523. The van der Waals surface area contributed by atoms with Crippen LogP contribution in [-0.4, -0.2) is 18.0 Å². The molecule has 0 bridgehead atoms. The lowest BCUT2D eigenvalue weighted by Gasteiger charge is -2.24. The zero-order valence-electron chi connectivity index (χ0n) is 11.9. The summed E-state index contributed by atoms with van der Waals surface area (Å²) >= 11 is 5.74. The predicted octanol–water partition coefficient (Wildman–Crippen LogP) is 3.02. The zero-order chi connectivity index (χ0) is 14.8. The van der Waals surface area contributed by atoms with Crippen LogP contribution in [0.25, 0.3) is 0 Å². The Kier molecular flexibility index (Phi) is 4.45. The first-order chi connectivity index (χ1) is 10.1. The van der Waals surface area contributed by atoms with Crippen LogP contribution >= 0.6 is 11.6 Å². The topological polar surface area (TPSA) is 41.1 Å². The van der Waals surface area contributed by atoms with Gasteiger partial charge in [-0.15, -0.1) is 0 Å². The number of carbonyl (C=O) groups is 1. The molecule has 1 aliphatic heterocycles. The number of carbonyl (C=O) groups excluding carboxylic acids is 1. The lowest BCUT2D eigenvalue weighted by atomic mass is 9.85. The Morgan fingerprint density at radius 2 is 2.19 bits per heavy atom. The maximum atomic E-state index is 13.8. The molecule has 3 nitrogen and oxygen atoms in total. The summed E-state index contributed by atoms with van der Waals surface area (Å²) in [6.45, 7) is 0.179. The van der Waals surface area contributed by atoms with Crippen molar-refractivity contribution in [1.29, 1.82) is 0 Å². The summed E-state index contributed by atoms with van der Waals surface area (Å²) in [5, 5.41) is 6.33. The Morgan fingerprint density at radius 1 is 1.38 bits per heavy atom. The zero-order valence-corrected chi connectivity index (χ0v) is 12.6. The molecule has 1 aromatic carbocycles. The highest BCUT2D eigenvalue weighted by Gasteiger charge is 2.38. The molecule has 0 radical (unpaired) electrons. The molecular weight excluding hydrogens is 291 g/mol. The maximum Gasteiger partial charge on any atom is 0.237 e. The number of rotatable bonds is 3. The second kappa shape index (κ2) is 6.32. The smallest absolute Gasteiger partial charge is 0.237 e. The number of hydrogen-bond donors (Lipinski definition) is 2. The van der Waals surface area contributed by atoms with Crippen LogP contribution < -0.4 is 10.6 Å². The molecule has 2 N–H and O–H groups in total. The second-order valence-corrected chi connectivity index (χ2v) is 6.44. The summed E-state index contributed by atoms with van der Waals surface area (Å²) in [5.74, 6) is 0.133. The molecule has 1 saturated carbocycles. The highest BCUT2D eigenvalue weighted by molar-refractivity contribution is 6.30. The van der Waals surface area contributed by atoms with Crippen molar-refractivity contribution in [1.82, 2.24) is 10.6 Å². The molecule has 1 amide bonds. The molecule has 114 valence electrons. The SMILES string of the molecule is O=C(NCc1cccc(Cl)c1F)[C@@H]1C[C@@H]2CCCC[C@@H]2N1. The van der Waals surface area contributed by atoms with Crippen LogP contribution in [0.5, 0.6) is 0 Å². The summed E-state index contributed by atoms with van der Waals surface area (Å²) < 4.78 is 13.8. The van der Waals surface area contributed by atoms with Crippen molar-refractivity contribution in [3.8, 4) is 0 Å². The second-order valence-electron chi connectivity index (χ2n) is 6.04. The molecular formula is C16H20ClFN2O. The van der Waals surface area contributed by atoms with Gasteiger partial charge >= 0.3 is 0 Å². The van der Waals surface area contributed by atoms with E-state index in [1.165, 1.54) is 25.3 Å². The van der Waals surface area contributed by atoms with Gasteiger partial charge in [-0.2, -0.15) is 0 Å². The van der Waals surface area contributed by atoms with E-state index >= 15 is 0 Å². The monoisotopic (exact) mass is 310 g/mol. The summed E-state index contributed by atoms with van der Waals surface area (Å²) in [4.78, 5) is 12.2. The van der Waals surface area contributed by atoms with Crippen LogP contribution in [0.15, 0.2) is 18.2 Å². The van der Waals surface area contributed by atoms with E-state index in [9.17, 15) is 9.18 Å². The van der Waals surface area contributed by atoms with Gasteiger partial charge in [0, 0.05) is 18.2 Å². The van der Waals surface area contributed by atoms with Gasteiger partial charge in [0.25, 0.3) is 0 Å². The Labute approximate surface area is 129 Å². The number of halogens is 2. The van der Waals surface area contributed by atoms with Gasteiger partial charge in [-0.1, -0.05) is 36.6 Å². The van der Waals surface area contributed by atoms with Gasteiger partial charge in [0.1, 0.15) is 5.82 Å². The van der Waals surface area contributed by atoms with Crippen LogP contribution in [0.1, 0.15) is 37.7 Å². The molecule has 2 fully saturated rings. The van der Waals surface area contributed by atoms with Gasteiger partial charge < -0.3 is 10.6 Å². The van der Waals surface area contributed by atoms with Gasteiger partial charge in [-0.3, -0.25) is 4.79 Å². The standard InChI is InChI=1S/C16H20ClFN2O/c17-12-6-3-5-11(15(12)18)9-19-16(21)14-8-10-4-1-2-7-13(10)20-14/h3,5-6,10,13-14,20H,1-2,4,7-9H2,(H,19,21)/t10-,13-,14-/m0/s1. The van der Waals surface area contributed by atoms with Gasteiger partial charge in [0.05, 0.1) is 11.1 Å². The molecule has 5 heteroatoms. The van der Waals surface area contributed by atoms with Crippen molar-refractivity contribution >= 4 is 17.5 Å². The average molecular weight is 311 g/mol. The van der Waals surface area contributed by atoms with Gasteiger partial charge in [0.15, 0.2) is 0 Å². The van der Waals surface area contributed by atoms with Crippen molar-refractivity contribution in [3.63, 3.8) is 0 Å². The summed E-state index contributed by atoms with van der Waals surface area (Å²) in [6, 6.07) is 5.18. The molecule has 0 spiro atoms. The van der Waals surface area contributed by atoms with Crippen LogP contribution in [0.3, 0.4) is 0 Å². The lowest BCUT2D eigenvalue weighted by Crippen LogP contribution is -2.43. The molecule has 1 aliphatic carbocycles. The van der Waals surface area contributed by atoms with Gasteiger partial charge in [-0.25, -0.2) is 4.39 Å². The van der Waals surface area contributed by atoms with E-state index in [-0.39, 0.29) is 23.5 Å². The highest BCUT2D eigenvalue weighted by atomic mass is 35.5. The van der Waals surface area contributed by atoms with Crippen molar-refractivity contribution in [3.05, 3.63) is 34.6 Å². The minimum atomic E-state index is -0.451. The van der Waals surface area contributed by atoms with E-state index in [0.29, 0.717) is 17.5 Å². The number of nitrogens with one attached hydrogen (secondary N) is 2. The van der Waals surface area contributed by atoms with E-state index in [1.54, 1.807) is 12.1 Å². The van der Waals surface area contributed by atoms with E-state index in [1.807, 2.05) is 0 Å². The highest BCUT2D eigenvalue weighted by Crippen LogP contribution is 2.33. The third-order valence-electron chi connectivity index (χ3n) is 4.66. The predicted molar refractivity (Wildman–Crippen MR) is 80.5 cm³/mol. The van der Waals surface area contributed by atoms with E-state index < -0.39 is 5.82 Å². The maximum absolute atomic E-state index is 13.8. The molecule has 0 aromatic heterocycles. The Hall–Kier alpha value is -1.13. The fourth-order valence-corrected chi connectivity index (χ4v) is 3.71. The molecule has 1 aromatic rings. The van der Waals surface area contributed by atoms with Gasteiger partial charge in [0.2, 0.25) is 5.91 Å². The fraction of sp³-hybridized carbons (Fsp3) is 0.562. The molecule has 1 heterocycles. The number of amides is 1. The molecule has 21 heavy (non-hydrogen) atoms. The van der Waals surface area contributed by atoms with Crippen molar-refractivity contribution in [2.75, 3.05) is 0 Å². The fourth-order valence-electron chi connectivity index (χ4n) is 3.51. The number of hydrogen-bond acceptors (Lipinski definition) is 2. The molecule has 2 aliphatic rings. The van der Waals surface area contributed by atoms with Gasteiger partial charge in [-0.05, 0) is 31.2 Å². The first kappa shape index (κ1) is 14.8. The molecule has 3 atom stereocenters. The molecule has 3 rings (SSSR count). The molecule has 1 saturated heterocycles. The van der Waals surface area contributed by atoms with Crippen LogP contribution in [0.2, 0.25) is 5.02 Å². The van der Waals surface area contributed by atoms with Crippen LogP contribution in [0.4, 0.5) is 4.39 Å². The van der Waals surface area contributed by atoms with Crippen molar-refractivity contribution < 1.29 is 9.18 Å². The van der Waals surface area contributed by atoms with Crippen LogP contribution in [0, 0.1) is 11.7 Å². The van der Waals surface area contributed by atoms with E-state index in [2.05, 4.69) is 10.6 Å². The minimum Gasteiger partial charge on any atom is -0.351 e. The first-order valence-corrected chi connectivity index (χ1v) is 7.99. The van der Waals surface area contributed by atoms with E-state index in [0.717, 1.165) is 12.8 Å². The van der Waals surface area contributed by atoms with E-state index in [4.69, 9.17) is 11.6 Å². The third kappa shape index (κ3) is 3.22.